The third kappa shape index (κ3) is 4.48. The molecule has 0 spiro atoms. The standard InChI is InChI=1S/C15H18N4O5S2/c20-15(9-19-8-4-7-16-19)17-13-10-25(21,22)11-14(13)18-26(23,24)12-5-2-1-3-6-12/h1-8,13-14,18H,9-11H2,(H,17,20)/t13-,14-/m1/s1. The molecule has 2 heterocycles. The lowest BCUT2D eigenvalue weighted by Gasteiger charge is -2.20. The van der Waals surface area contributed by atoms with Gasteiger partial charge in [-0.05, 0) is 18.2 Å². The Labute approximate surface area is 151 Å². The van der Waals surface area contributed by atoms with Gasteiger partial charge in [0.2, 0.25) is 15.9 Å². The maximum Gasteiger partial charge on any atom is 0.242 e. The highest BCUT2D eigenvalue weighted by Crippen LogP contribution is 2.16. The van der Waals surface area contributed by atoms with Crippen LogP contribution in [0, 0.1) is 0 Å². The lowest BCUT2D eigenvalue weighted by atomic mass is 10.2. The minimum absolute atomic E-state index is 0.0333. The summed E-state index contributed by atoms with van der Waals surface area (Å²) in [6.45, 7) is -0.0816. The van der Waals surface area contributed by atoms with Gasteiger partial charge in [0.05, 0.1) is 28.5 Å². The van der Waals surface area contributed by atoms with Crippen LogP contribution in [0.4, 0.5) is 0 Å². The molecule has 140 valence electrons. The Balaban J connectivity index is 1.73. The molecule has 0 unspecified atom stereocenters. The van der Waals surface area contributed by atoms with E-state index in [0.29, 0.717) is 0 Å². The molecule has 0 radical (unpaired) electrons. The lowest BCUT2D eigenvalue weighted by molar-refractivity contribution is -0.122. The number of sulfone groups is 1. The number of aromatic nitrogens is 2. The molecule has 26 heavy (non-hydrogen) atoms. The highest BCUT2D eigenvalue weighted by Gasteiger charge is 2.40. The predicted octanol–water partition coefficient (Wildman–Crippen LogP) is -0.857. The number of hydrogen-bond acceptors (Lipinski definition) is 6. The molecule has 1 aliphatic heterocycles. The van der Waals surface area contributed by atoms with Crippen LogP contribution in [0.5, 0.6) is 0 Å². The zero-order chi connectivity index (χ0) is 18.8. The first-order valence-corrected chi connectivity index (χ1v) is 11.1. The fourth-order valence-electron chi connectivity index (χ4n) is 2.77. The van der Waals surface area contributed by atoms with Gasteiger partial charge in [0.1, 0.15) is 6.54 Å². The van der Waals surface area contributed by atoms with Gasteiger partial charge in [-0.2, -0.15) is 5.10 Å². The third-order valence-electron chi connectivity index (χ3n) is 3.92. The van der Waals surface area contributed by atoms with Gasteiger partial charge in [0, 0.05) is 12.4 Å². The van der Waals surface area contributed by atoms with E-state index in [1.807, 2.05) is 0 Å². The van der Waals surface area contributed by atoms with Crippen molar-refractivity contribution < 1.29 is 21.6 Å². The second-order valence-corrected chi connectivity index (χ2v) is 9.86. The van der Waals surface area contributed by atoms with E-state index in [9.17, 15) is 21.6 Å². The molecule has 3 rings (SSSR count). The second-order valence-electron chi connectivity index (χ2n) is 6.00. The maximum absolute atomic E-state index is 12.5. The summed E-state index contributed by atoms with van der Waals surface area (Å²) >= 11 is 0. The van der Waals surface area contributed by atoms with Gasteiger partial charge < -0.3 is 5.32 Å². The van der Waals surface area contributed by atoms with E-state index in [1.54, 1.807) is 30.5 Å². The summed E-state index contributed by atoms with van der Waals surface area (Å²) in [5, 5.41) is 6.49. The fourth-order valence-corrected chi connectivity index (χ4v) is 6.03. The van der Waals surface area contributed by atoms with Gasteiger partial charge in [-0.25, -0.2) is 21.6 Å². The number of hydrogen-bond donors (Lipinski definition) is 2. The molecule has 1 amide bonds. The number of amides is 1. The van der Waals surface area contributed by atoms with Crippen molar-refractivity contribution in [1.29, 1.82) is 0 Å². The van der Waals surface area contributed by atoms with E-state index >= 15 is 0 Å². The van der Waals surface area contributed by atoms with Crippen LogP contribution in [-0.2, 0) is 31.2 Å². The number of rotatable bonds is 6. The van der Waals surface area contributed by atoms with Crippen LogP contribution in [-0.4, -0.2) is 56.1 Å². The molecule has 1 saturated heterocycles. The van der Waals surface area contributed by atoms with E-state index in [2.05, 4.69) is 15.1 Å². The van der Waals surface area contributed by atoms with Crippen molar-refractivity contribution in [3.8, 4) is 0 Å². The Morgan fingerprint density at radius 3 is 2.50 bits per heavy atom. The second kappa shape index (κ2) is 7.17. The van der Waals surface area contributed by atoms with E-state index in [0.717, 1.165) is 0 Å². The predicted molar refractivity (Wildman–Crippen MR) is 93.4 cm³/mol. The quantitative estimate of drug-likeness (QED) is 0.652. The molecule has 1 aromatic heterocycles. The van der Waals surface area contributed by atoms with Crippen LogP contribution in [0.3, 0.4) is 0 Å². The summed E-state index contributed by atoms with van der Waals surface area (Å²) in [6, 6.07) is 7.52. The summed E-state index contributed by atoms with van der Waals surface area (Å²) in [4.78, 5) is 12.1. The van der Waals surface area contributed by atoms with Crippen molar-refractivity contribution in [3.63, 3.8) is 0 Å². The van der Waals surface area contributed by atoms with Crippen LogP contribution in [0.1, 0.15) is 0 Å². The Hall–Kier alpha value is -2.24. The van der Waals surface area contributed by atoms with Crippen LogP contribution in [0.25, 0.3) is 0 Å². The molecule has 2 atom stereocenters. The molecule has 0 saturated carbocycles. The lowest BCUT2D eigenvalue weighted by Crippen LogP contribution is -2.51. The zero-order valence-electron chi connectivity index (χ0n) is 13.6. The monoisotopic (exact) mass is 398 g/mol. The Morgan fingerprint density at radius 2 is 1.85 bits per heavy atom. The largest absolute Gasteiger partial charge is 0.349 e. The van der Waals surface area contributed by atoms with Crippen LogP contribution in [0.2, 0.25) is 0 Å². The molecule has 0 bridgehead atoms. The molecule has 9 nitrogen and oxygen atoms in total. The summed E-state index contributed by atoms with van der Waals surface area (Å²) < 4.78 is 52.6. The summed E-state index contributed by atoms with van der Waals surface area (Å²) in [7, 11) is -7.37. The van der Waals surface area contributed by atoms with Crippen molar-refractivity contribution in [2.75, 3.05) is 11.5 Å². The van der Waals surface area contributed by atoms with Crippen molar-refractivity contribution in [3.05, 3.63) is 48.8 Å². The molecule has 2 aromatic rings. The third-order valence-corrected chi connectivity index (χ3v) is 7.16. The first-order valence-electron chi connectivity index (χ1n) is 7.80. The molecular weight excluding hydrogens is 380 g/mol. The molecule has 1 aliphatic rings. The molecular formula is C15H18N4O5S2. The summed E-state index contributed by atoms with van der Waals surface area (Å²) in [5.41, 5.74) is 0. The number of carbonyl (C=O) groups excluding carboxylic acids is 1. The minimum atomic E-state index is -3.90. The van der Waals surface area contributed by atoms with E-state index in [4.69, 9.17) is 0 Å². The molecule has 1 aromatic carbocycles. The topological polar surface area (TPSA) is 127 Å². The maximum atomic E-state index is 12.5. The molecule has 1 fully saturated rings. The van der Waals surface area contributed by atoms with Gasteiger partial charge in [-0.3, -0.25) is 9.48 Å². The summed E-state index contributed by atoms with van der Waals surface area (Å²) in [6.07, 6.45) is 3.12. The number of sulfonamides is 1. The van der Waals surface area contributed by atoms with Gasteiger partial charge in [0.25, 0.3) is 0 Å². The van der Waals surface area contributed by atoms with Crippen LogP contribution < -0.4 is 10.0 Å². The Kier molecular flexibility index (Phi) is 5.12. The normalized spacial score (nSPS) is 22.2. The Bertz CT molecular complexity index is 972. The van der Waals surface area contributed by atoms with Crippen molar-refractivity contribution in [2.24, 2.45) is 0 Å². The summed E-state index contributed by atoms with van der Waals surface area (Å²) in [5.74, 6) is -1.13. The van der Waals surface area contributed by atoms with Crippen LogP contribution in [0.15, 0.2) is 53.7 Å². The van der Waals surface area contributed by atoms with Gasteiger partial charge in [0.15, 0.2) is 9.84 Å². The average molecular weight is 398 g/mol. The zero-order valence-corrected chi connectivity index (χ0v) is 15.3. The van der Waals surface area contributed by atoms with Gasteiger partial charge in [-0.15, -0.1) is 0 Å². The first kappa shape index (κ1) is 18.5. The highest BCUT2D eigenvalue weighted by atomic mass is 32.2. The fraction of sp³-hybridized carbons (Fsp3) is 0.333. The molecule has 11 heteroatoms. The minimum Gasteiger partial charge on any atom is -0.349 e. The SMILES string of the molecule is O=C(Cn1cccn1)N[C@@H]1CS(=O)(=O)C[C@H]1NS(=O)(=O)c1ccccc1. The van der Waals surface area contributed by atoms with E-state index in [-0.39, 0.29) is 22.9 Å². The number of nitrogens with one attached hydrogen (secondary N) is 2. The van der Waals surface area contributed by atoms with Crippen molar-refractivity contribution in [2.45, 2.75) is 23.5 Å². The first-order chi connectivity index (χ1) is 12.3. The van der Waals surface area contributed by atoms with Crippen molar-refractivity contribution in [1.82, 2.24) is 19.8 Å². The van der Waals surface area contributed by atoms with E-state index in [1.165, 1.54) is 23.0 Å². The van der Waals surface area contributed by atoms with Crippen LogP contribution >= 0.6 is 0 Å². The Morgan fingerprint density at radius 1 is 1.15 bits per heavy atom. The molecule has 2 N–H and O–H groups in total. The number of carbonyl (C=O) groups is 1. The smallest absolute Gasteiger partial charge is 0.242 e. The average Bonchev–Trinajstić information content (AvgIpc) is 3.15. The van der Waals surface area contributed by atoms with Gasteiger partial charge >= 0.3 is 0 Å². The van der Waals surface area contributed by atoms with Gasteiger partial charge in [-0.1, -0.05) is 18.2 Å². The number of benzene rings is 1. The van der Waals surface area contributed by atoms with Crippen molar-refractivity contribution >= 4 is 25.8 Å². The number of nitrogens with zero attached hydrogens (tertiary/aromatic N) is 2. The highest BCUT2D eigenvalue weighted by molar-refractivity contribution is 7.92. The van der Waals surface area contributed by atoms with E-state index < -0.39 is 37.9 Å². The molecule has 0 aliphatic carbocycles.